The van der Waals surface area contributed by atoms with Gasteiger partial charge in [0.05, 0.1) is 30.3 Å². The highest BCUT2D eigenvalue weighted by Crippen LogP contribution is 2.77. The average molecular weight is 1000 g/mol. The lowest BCUT2D eigenvalue weighted by atomic mass is 9.32. The highest BCUT2D eigenvalue weighted by atomic mass is 16.8. The van der Waals surface area contributed by atoms with Crippen molar-refractivity contribution in [2.75, 3.05) is 6.61 Å². The van der Waals surface area contributed by atoms with E-state index in [1.807, 2.05) is 30.3 Å². The van der Waals surface area contributed by atoms with Crippen LogP contribution in [0.2, 0.25) is 0 Å². The molecule has 8 fully saturated rings. The van der Waals surface area contributed by atoms with Gasteiger partial charge in [-0.2, -0.15) is 5.48 Å². The van der Waals surface area contributed by atoms with Crippen LogP contribution >= 0.6 is 0 Å². The summed E-state index contributed by atoms with van der Waals surface area (Å²) in [5.41, 5.74) is 2.93. The minimum Gasteiger partial charge on any atom is -0.394 e. The molecule has 9 N–H and O–H groups in total. The zero-order chi connectivity index (χ0) is 51.3. The number of carbonyl (C=O) groups is 1. The molecule has 0 aromatic heterocycles. The minimum atomic E-state index is -1.74. The van der Waals surface area contributed by atoms with Gasteiger partial charge in [0.2, 0.25) is 0 Å². The Labute approximate surface area is 418 Å². The van der Waals surface area contributed by atoms with Gasteiger partial charge in [-0.05, 0) is 148 Å². The number of para-hydroxylation sites is 1. The number of ether oxygens (including phenoxy) is 6. The summed E-state index contributed by atoms with van der Waals surface area (Å²) in [7, 11) is 0. The second kappa shape index (κ2) is 19.7. The quantitative estimate of drug-likeness (QED) is 0.0872. The lowest BCUT2D eigenvalue weighted by Gasteiger charge is -2.73. The number of hydroxylamine groups is 1. The van der Waals surface area contributed by atoms with Crippen LogP contribution in [0.15, 0.2) is 42.5 Å². The second-order valence-corrected chi connectivity index (χ2v) is 24.5. The van der Waals surface area contributed by atoms with Crippen LogP contribution in [-0.4, -0.2) is 152 Å². The Morgan fingerprint density at radius 1 is 0.662 bits per heavy atom. The summed E-state index contributed by atoms with van der Waals surface area (Å²) in [5.74, 6) is 1.89. The maximum absolute atomic E-state index is 14.5. The molecule has 3 heterocycles. The number of hydrogen-bond donors (Lipinski definition) is 9. The van der Waals surface area contributed by atoms with Crippen molar-refractivity contribution in [3.63, 3.8) is 0 Å². The largest absolute Gasteiger partial charge is 0.394 e. The smallest absolute Gasteiger partial charge is 0.259 e. The predicted molar refractivity (Wildman–Crippen MR) is 255 cm³/mol. The number of benzene rings is 1. The molecule has 17 nitrogen and oxygen atoms in total. The Morgan fingerprint density at radius 3 is 1.89 bits per heavy atom. The van der Waals surface area contributed by atoms with Gasteiger partial charge >= 0.3 is 0 Å². The lowest BCUT2D eigenvalue weighted by molar-refractivity contribution is -0.393. The van der Waals surface area contributed by atoms with Gasteiger partial charge in [-0.15, -0.1) is 0 Å². The highest BCUT2D eigenvalue weighted by Gasteiger charge is 2.72. The molecule has 8 aliphatic rings. The van der Waals surface area contributed by atoms with E-state index < -0.39 is 116 Å². The van der Waals surface area contributed by atoms with E-state index in [0.717, 1.165) is 63.4 Å². The molecule has 5 saturated carbocycles. The van der Waals surface area contributed by atoms with Gasteiger partial charge in [0.25, 0.3) is 5.91 Å². The average Bonchev–Trinajstić information content (AvgIpc) is 3.74. The van der Waals surface area contributed by atoms with E-state index in [1.165, 1.54) is 13.8 Å². The maximum atomic E-state index is 14.5. The van der Waals surface area contributed by atoms with Gasteiger partial charge in [0.15, 0.2) is 24.6 Å². The van der Waals surface area contributed by atoms with Gasteiger partial charge < -0.3 is 74.1 Å². The van der Waals surface area contributed by atoms with E-state index in [9.17, 15) is 45.6 Å². The third-order valence-corrected chi connectivity index (χ3v) is 20.8. The Hall–Kier alpha value is -2.33. The fraction of sp³-hybridized carbons (Fsp3) is 0.833. The molecular weight excluding hydrogens is 919 g/mol. The fourth-order valence-corrected chi connectivity index (χ4v) is 16.6. The SMILES string of the molecule is C=C(C)[C@@H]1CC[C@]2(C(=O)NOc3ccccc3)CC[C@]3(C)[C@H](CC[C@@H]4[C@@]5(C)CC[C@H](O[C@@H]6O[C@H](CO)[C@@H](O[C@@H]7O[C@@H](C)[C@H](O)[C@@H](O)[C@H]7O)[C@H](O)[C@H]6O[C@@H]6O[C@@H](C)[C@H](O)[C@@H](O)[C@H]6O)C(C)(C)[C@@H]5CC[C@]43C)[C@@H]12. The first-order valence-electron chi connectivity index (χ1n) is 26.4. The molecule has 9 rings (SSSR count). The molecule has 3 aliphatic heterocycles. The van der Waals surface area contributed by atoms with Crippen LogP contribution in [-0.2, 0) is 33.2 Å². The molecular formula is C54H83NO16. The number of rotatable bonds is 11. The summed E-state index contributed by atoms with van der Waals surface area (Å²) in [5, 5.41) is 87.1. The molecule has 71 heavy (non-hydrogen) atoms. The van der Waals surface area contributed by atoms with Crippen LogP contribution in [0.3, 0.4) is 0 Å². The number of aliphatic hydroxyl groups is 8. The molecule has 0 bridgehead atoms. The molecule has 3 saturated heterocycles. The molecule has 400 valence electrons. The summed E-state index contributed by atoms with van der Waals surface area (Å²) in [4.78, 5) is 20.5. The lowest BCUT2D eigenvalue weighted by Crippen LogP contribution is -2.68. The fourth-order valence-electron chi connectivity index (χ4n) is 16.6. The van der Waals surface area contributed by atoms with Crippen LogP contribution < -0.4 is 10.3 Å². The molecule has 0 radical (unpaired) electrons. The van der Waals surface area contributed by atoms with Crippen molar-refractivity contribution in [1.82, 2.24) is 5.48 Å². The minimum absolute atomic E-state index is 0.0173. The highest BCUT2D eigenvalue weighted by molar-refractivity contribution is 5.83. The van der Waals surface area contributed by atoms with E-state index in [0.29, 0.717) is 24.0 Å². The Bertz CT molecular complexity index is 2060. The number of hydrogen-bond acceptors (Lipinski definition) is 16. The summed E-state index contributed by atoms with van der Waals surface area (Å²) in [6.45, 7) is 21.0. The predicted octanol–water partition coefficient (Wildman–Crippen LogP) is 3.64. The Balaban J connectivity index is 0.959. The molecule has 0 unspecified atom stereocenters. The number of allylic oxidation sites excluding steroid dienone is 1. The topological polar surface area (TPSA) is 256 Å². The zero-order valence-corrected chi connectivity index (χ0v) is 42.8. The van der Waals surface area contributed by atoms with Crippen LogP contribution in [0.1, 0.15) is 120 Å². The molecule has 0 spiro atoms. The zero-order valence-electron chi connectivity index (χ0n) is 42.8. The molecule has 25 atom stereocenters. The van der Waals surface area contributed by atoms with E-state index in [-0.39, 0.29) is 39.9 Å². The molecule has 1 amide bonds. The normalized spacial score (nSPS) is 51.5. The summed E-state index contributed by atoms with van der Waals surface area (Å²) in [6, 6.07) is 9.40. The van der Waals surface area contributed by atoms with Gasteiger partial charge in [-0.25, -0.2) is 0 Å². The molecule has 1 aromatic carbocycles. The van der Waals surface area contributed by atoms with Crippen molar-refractivity contribution in [2.24, 2.45) is 56.7 Å². The van der Waals surface area contributed by atoms with Crippen LogP contribution in [0.5, 0.6) is 5.75 Å². The van der Waals surface area contributed by atoms with E-state index in [4.69, 9.17) is 33.3 Å². The summed E-state index contributed by atoms with van der Waals surface area (Å²) < 4.78 is 37.4. The van der Waals surface area contributed by atoms with E-state index >= 15 is 0 Å². The van der Waals surface area contributed by atoms with Crippen molar-refractivity contribution >= 4 is 5.91 Å². The van der Waals surface area contributed by atoms with Crippen LogP contribution in [0.25, 0.3) is 0 Å². The van der Waals surface area contributed by atoms with Crippen molar-refractivity contribution in [3.8, 4) is 5.75 Å². The third-order valence-electron chi connectivity index (χ3n) is 20.8. The molecule has 17 heteroatoms. The Kier molecular flexibility index (Phi) is 14.8. The van der Waals surface area contributed by atoms with E-state index in [1.54, 1.807) is 0 Å². The Morgan fingerprint density at radius 2 is 1.28 bits per heavy atom. The monoisotopic (exact) mass is 1000 g/mol. The first-order chi connectivity index (χ1) is 33.4. The van der Waals surface area contributed by atoms with Crippen molar-refractivity contribution in [1.29, 1.82) is 0 Å². The number of fused-ring (bicyclic) bond motifs is 7. The van der Waals surface area contributed by atoms with Gasteiger partial charge in [0, 0.05) is 0 Å². The molecule has 5 aliphatic carbocycles. The number of carbonyl (C=O) groups excluding carboxylic acids is 1. The second-order valence-electron chi connectivity index (χ2n) is 24.5. The summed E-state index contributed by atoms with van der Waals surface area (Å²) in [6.07, 6.45) is -13.4. The summed E-state index contributed by atoms with van der Waals surface area (Å²) >= 11 is 0. The first-order valence-corrected chi connectivity index (χ1v) is 26.4. The molecule has 1 aromatic rings. The van der Waals surface area contributed by atoms with Crippen LogP contribution in [0.4, 0.5) is 0 Å². The van der Waals surface area contributed by atoms with Gasteiger partial charge in [-0.1, -0.05) is 65.0 Å². The number of aliphatic hydroxyl groups excluding tert-OH is 8. The van der Waals surface area contributed by atoms with Crippen molar-refractivity contribution < 1.29 is 78.9 Å². The van der Waals surface area contributed by atoms with Crippen LogP contribution in [0, 0.1) is 56.7 Å². The first kappa shape index (κ1) is 53.5. The third kappa shape index (κ3) is 8.65. The maximum Gasteiger partial charge on any atom is 0.259 e. The van der Waals surface area contributed by atoms with Crippen molar-refractivity contribution in [3.05, 3.63) is 42.5 Å². The van der Waals surface area contributed by atoms with Crippen molar-refractivity contribution in [2.45, 2.75) is 218 Å². The number of amides is 1. The van der Waals surface area contributed by atoms with Gasteiger partial charge in [-0.3, -0.25) is 4.79 Å². The number of nitrogens with one attached hydrogen (secondary N) is 1. The van der Waals surface area contributed by atoms with E-state index in [2.05, 4.69) is 53.6 Å². The standard InChI is InChI=1S/C54H83NO16/c1-26(2)30-17-22-54(49(64)55-71-29-13-11-10-12-14-29)24-23-52(8)31(36(30)54)15-16-34-51(7)20-19-35(50(5,6)33(51)18-21-53(34,52)9)68-48-45(70-47-42(62)40(60)38(58)28(4)66-47)43(63)44(32(25-56)67-48)69-46-41(61)39(59)37(57)27(3)65-46/h10-14,27-28,30-48,56-63H,1,15-25H2,2-9H3,(H,55,64)/t27-,28-,30-,31+,32+,33-,34+,35-,36+,37-,38-,39+,40+,41+,42+,43-,44+,45+,46-,47-,48-,51-,52+,53+,54-/m0/s1. The van der Waals surface area contributed by atoms with Gasteiger partial charge in [0.1, 0.15) is 61.0 Å².